The Labute approximate surface area is 122 Å². The molecule has 1 atom stereocenters. The lowest BCUT2D eigenvalue weighted by atomic mass is 10.2. The van der Waals surface area contributed by atoms with Crippen molar-refractivity contribution in [3.8, 4) is 11.5 Å². The molecular weight excluding hydrogens is 280 g/mol. The molecule has 0 spiro atoms. The molecule has 1 saturated heterocycles. The van der Waals surface area contributed by atoms with E-state index in [0.29, 0.717) is 30.6 Å². The predicted octanol–water partition coefficient (Wildman–Crippen LogP) is 1.53. The van der Waals surface area contributed by atoms with Crippen LogP contribution in [0, 0.1) is 0 Å². The van der Waals surface area contributed by atoms with Gasteiger partial charge in [-0.3, -0.25) is 9.89 Å². The second kappa shape index (κ2) is 6.11. The fourth-order valence-electron chi connectivity index (χ4n) is 2.27. The van der Waals surface area contributed by atoms with Crippen LogP contribution in [0.5, 0.6) is 0 Å². The molecule has 1 unspecified atom stereocenters. The number of halogens is 1. The minimum atomic E-state index is -0.0394. The first-order valence-electron chi connectivity index (χ1n) is 6.36. The maximum Gasteiger partial charge on any atom is 0.274 e. The summed E-state index contributed by atoms with van der Waals surface area (Å²) in [5.74, 6) is 0.641. The average molecular weight is 297 g/mol. The minimum absolute atomic E-state index is 0. The normalized spacial score (nSPS) is 18.6. The van der Waals surface area contributed by atoms with Crippen LogP contribution >= 0.6 is 12.4 Å². The highest BCUT2D eigenvalue weighted by Crippen LogP contribution is 2.18. The van der Waals surface area contributed by atoms with Gasteiger partial charge in [-0.1, -0.05) is 0 Å². The van der Waals surface area contributed by atoms with E-state index >= 15 is 0 Å². The van der Waals surface area contributed by atoms with Crippen molar-refractivity contribution in [2.45, 2.75) is 13.0 Å². The third kappa shape index (κ3) is 2.86. The van der Waals surface area contributed by atoms with Gasteiger partial charge in [0.15, 0.2) is 11.5 Å². The first-order chi connectivity index (χ1) is 9.24. The van der Waals surface area contributed by atoms with Crippen molar-refractivity contribution in [1.29, 1.82) is 0 Å². The van der Waals surface area contributed by atoms with Crippen LogP contribution in [-0.4, -0.2) is 46.7 Å². The maximum absolute atomic E-state index is 12.3. The number of H-pyrrole nitrogens is 1. The van der Waals surface area contributed by atoms with E-state index in [9.17, 15) is 4.79 Å². The van der Waals surface area contributed by atoms with Crippen molar-refractivity contribution in [2.75, 3.05) is 19.6 Å². The standard InChI is InChI=1S/C13H16N4O2.ClH/c1-9-8-17(5-4-14-9)13(18)11-7-10(15-16-11)12-3-2-6-19-12;/h2-3,6-7,9,14H,4-5,8H2,1H3,(H,15,16);1H. The summed E-state index contributed by atoms with van der Waals surface area (Å²) in [6, 6.07) is 5.68. The lowest BCUT2D eigenvalue weighted by Crippen LogP contribution is -2.51. The predicted molar refractivity (Wildman–Crippen MR) is 76.9 cm³/mol. The van der Waals surface area contributed by atoms with Gasteiger partial charge in [0.1, 0.15) is 5.69 Å². The van der Waals surface area contributed by atoms with E-state index in [-0.39, 0.29) is 18.3 Å². The lowest BCUT2D eigenvalue weighted by molar-refractivity contribution is 0.0703. The zero-order valence-corrected chi connectivity index (χ0v) is 11.9. The molecule has 1 amide bonds. The van der Waals surface area contributed by atoms with Crippen LogP contribution in [0.25, 0.3) is 11.5 Å². The summed E-state index contributed by atoms with van der Waals surface area (Å²) in [5.41, 5.74) is 1.15. The number of aromatic amines is 1. The Kier molecular flexibility index (Phi) is 4.46. The van der Waals surface area contributed by atoms with Gasteiger partial charge in [-0.2, -0.15) is 5.10 Å². The summed E-state index contributed by atoms with van der Waals surface area (Å²) >= 11 is 0. The molecular formula is C13H17ClN4O2. The Morgan fingerprint density at radius 3 is 3.10 bits per heavy atom. The molecule has 1 aliphatic heterocycles. The minimum Gasteiger partial charge on any atom is -0.463 e. The van der Waals surface area contributed by atoms with Crippen molar-refractivity contribution in [3.63, 3.8) is 0 Å². The van der Waals surface area contributed by atoms with Gasteiger partial charge in [0, 0.05) is 31.7 Å². The first kappa shape index (κ1) is 14.6. The van der Waals surface area contributed by atoms with Gasteiger partial charge in [-0.15, -0.1) is 12.4 Å². The summed E-state index contributed by atoms with van der Waals surface area (Å²) in [6.07, 6.45) is 1.59. The summed E-state index contributed by atoms with van der Waals surface area (Å²) in [4.78, 5) is 14.1. The average Bonchev–Trinajstić information content (AvgIpc) is 3.08. The van der Waals surface area contributed by atoms with Gasteiger partial charge in [-0.25, -0.2) is 0 Å². The number of furan rings is 1. The van der Waals surface area contributed by atoms with Crippen LogP contribution in [0.3, 0.4) is 0 Å². The van der Waals surface area contributed by atoms with E-state index in [2.05, 4.69) is 22.4 Å². The van der Waals surface area contributed by atoms with Crippen molar-refractivity contribution in [1.82, 2.24) is 20.4 Å². The van der Waals surface area contributed by atoms with E-state index in [0.717, 1.165) is 12.2 Å². The number of piperazine rings is 1. The highest BCUT2D eigenvalue weighted by molar-refractivity contribution is 5.93. The summed E-state index contributed by atoms with van der Waals surface area (Å²) < 4.78 is 5.27. The molecule has 108 valence electrons. The molecule has 1 aliphatic rings. The molecule has 2 N–H and O–H groups in total. The quantitative estimate of drug-likeness (QED) is 0.881. The number of hydrogen-bond acceptors (Lipinski definition) is 4. The summed E-state index contributed by atoms with van der Waals surface area (Å²) in [5, 5.41) is 10.2. The Bertz CT molecular complexity index is 567. The molecule has 0 saturated carbocycles. The van der Waals surface area contributed by atoms with Crippen LogP contribution in [0.1, 0.15) is 17.4 Å². The van der Waals surface area contributed by atoms with Gasteiger partial charge >= 0.3 is 0 Å². The zero-order valence-electron chi connectivity index (χ0n) is 11.1. The van der Waals surface area contributed by atoms with Crippen LogP contribution in [-0.2, 0) is 0 Å². The fraction of sp³-hybridized carbons (Fsp3) is 0.385. The number of nitrogens with one attached hydrogen (secondary N) is 2. The molecule has 1 fully saturated rings. The Hall–Kier alpha value is -1.79. The van der Waals surface area contributed by atoms with Gasteiger partial charge in [0.05, 0.1) is 6.26 Å². The van der Waals surface area contributed by atoms with E-state index < -0.39 is 0 Å². The van der Waals surface area contributed by atoms with Gasteiger partial charge in [0.2, 0.25) is 0 Å². The van der Waals surface area contributed by atoms with E-state index in [4.69, 9.17) is 4.42 Å². The molecule has 0 aliphatic carbocycles. The third-order valence-electron chi connectivity index (χ3n) is 3.24. The maximum atomic E-state index is 12.3. The van der Waals surface area contributed by atoms with Crippen molar-refractivity contribution >= 4 is 18.3 Å². The number of rotatable bonds is 2. The molecule has 2 aromatic heterocycles. The van der Waals surface area contributed by atoms with Gasteiger partial charge < -0.3 is 14.6 Å². The number of amides is 1. The van der Waals surface area contributed by atoms with Crippen LogP contribution in [0.4, 0.5) is 0 Å². The number of aromatic nitrogens is 2. The van der Waals surface area contributed by atoms with E-state index in [1.807, 2.05) is 11.0 Å². The van der Waals surface area contributed by atoms with Gasteiger partial charge in [0.25, 0.3) is 5.91 Å². The Morgan fingerprint density at radius 1 is 1.55 bits per heavy atom. The number of carbonyl (C=O) groups is 1. The smallest absolute Gasteiger partial charge is 0.274 e. The molecule has 0 aromatic carbocycles. The lowest BCUT2D eigenvalue weighted by Gasteiger charge is -2.31. The van der Waals surface area contributed by atoms with E-state index in [1.165, 1.54) is 0 Å². The highest BCUT2D eigenvalue weighted by atomic mass is 35.5. The number of nitrogens with zero attached hydrogens (tertiary/aromatic N) is 2. The van der Waals surface area contributed by atoms with Crippen molar-refractivity contribution in [2.24, 2.45) is 0 Å². The van der Waals surface area contributed by atoms with Crippen LogP contribution in [0.2, 0.25) is 0 Å². The summed E-state index contributed by atoms with van der Waals surface area (Å²) in [7, 11) is 0. The molecule has 20 heavy (non-hydrogen) atoms. The SMILES string of the molecule is CC1CN(C(=O)c2cc(-c3ccco3)[nH]n2)CCN1.Cl. The second-order valence-corrected chi connectivity index (χ2v) is 4.75. The first-order valence-corrected chi connectivity index (χ1v) is 6.36. The monoisotopic (exact) mass is 296 g/mol. The fourth-order valence-corrected chi connectivity index (χ4v) is 2.27. The van der Waals surface area contributed by atoms with E-state index in [1.54, 1.807) is 18.4 Å². The van der Waals surface area contributed by atoms with Crippen LogP contribution < -0.4 is 5.32 Å². The molecule has 3 rings (SSSR count). The number of hydrogen-bond donors (Lipinski definition) is 2. The highest BCUT2D eigenvalue weighted by Gasteiger charge is 2.23. The molecule has 0 bridgehead atoms. The summed E-state index contributed by atoms with van der Waals surface area (Å²) in [6.45, 7) is 4.31. The molecule has 6 nitrogen and oxygen atoms in total. The molecule has 3 heterocycles. The second-order valence-electron chi connectivity index (χ2n) is 4.75. The van der Waals surface area contributed by atoms with Crippen molar-refractivity contribution < 1.29 is 9.21 Å². The number of carbonyl (C=O) groups excluding carboxylic acids is 1. The topological polar surface area (TPSA) is 74.2 Å². The van der Waals surface area contributed by atoms with Crippen molar-refractivity contribution in [3.05, 3.63) is 30.2 Å². The molecule has 2 aromatic rings. The Morgan fingerprint density at radius 2 is 2.40 bits per heavy atom. The third-order valence-corrected chi connectivity index (χ3v) is 3.24. The molecule has 7 heteroatoms. The van der Waals surface area contributed by atoms with Gasteiger partial charge in [-0.05, 0) is 19.1 Å². The molecule has 0 radical (unpaired) electrons. The largest absolute Gasteiger partial charge is 0.463 e. The Balaban J connectivity index is 0.00000147. The zero-order chi connectivity index (χ0) is 13.2. The van der Waals surface area contributed by atoms with Crippen LogP contribution in [0.15, 0.2) is 28.9 Å².